The van der Waals surface area contributed by atoms with Gasteiger partial charge in [0.25, 0.3) is 5.56 Å². The number of carbonyl (C=O) groups excluding carboxylic acids is 2. The Bertz CT molecular complexity index is 737. The van der Waals surface area contributed by atoms with Crippen LogP contribution in [0.25, 0.3) is 5.69 Å². The number of rotatable bonds is 3. The molecule has 1 aromatic carbocycles. The second-order valence-corrected chi connectivity index (χ2v) is 4.03. The second kappa shape index (κ2) is 6.00. The highest BCUT2D eigenvalue weighted by Gasteiger charge is 2.20. The molecule has 7 nitrogen and oxygen atoms in total. The summed E-state index contributed by atoms with van der Waals surface area (Å²) in [5, 5.41) is 3.92. The topological polar surface area (TPSA) is 87.5 Å². The number of hydrogen-bond donors (Lipinski definition) is 0. The van der Waals surface area contributed by atoms with Gasteiger partial charge in [-0.05, 0) is 12.1 Å². The van der Waals surface area contributed by atoms with Gasteiger partial charge in [-0.2, -0.15) is 9.78 Å². The van der Waals surface area contributed by atoms with E-state index in [2.05, 4.69) is 9.84 Å². The molecule has 0 radical (unpaired) electrons. The fraction of sp³-hybridized carbons (Fsp3) is 0.143. The van der Waals surface area contributed by atoms with Crippen LogP contribution in [0.3, 0.4) is 0 Å². The van der Waals surface area contributed by atoms with Gasteiger partial charge in [0.2, 0.25) is 5.69 Å². The average Bonchev–Trinajstić information content (AvgIpc) is 2.47. The molecule has 0 aliphatic carbocycles. The Labute approximate surface area is 119 Å². The minimum Gasteiger partial charge on any atom is -0.464 e. The first-order chi connectivity index (χ1) is 10.0. The van der Waals surface area contributed by atoms with E-state index in [9.17, 15) is 14.4 Å². The van der Waals surface area contributed by atoms with Gasteiger partial charge in [0, 0.05) is 6.92 Å². The zero-order chi connectivity index (χ0) is 15.4. The summed E-state index contributed by atoms with van der Waals surface area (Å²) in [5.41, 5.74) is -0.316. The van der Waals surface area contributed by atoms with E-state index in [1.54, 1.807) is 30.3 Å². The highest BCUT2D eigenvalue weighted by molar-refractivity contribution is 5.91. The van der Waals surface area contributed by atoms with Crippen LogP contribution in [0.2, 0.25) is 0 Å². The number of benzene rings is 1. The maximum Gasteiger partial charge on any atom is 0.362 e. The fourth-order valence-corrected chi connectivity index (χ4v) is 1.67. The maximum absolute atomic E-state index is 12.0. The van der Waals surface area contributed by atoms with Crippen LogP contribution < -0.4 is 10.3 Å². The molecule has 2 aromatic rings. The van der Waals surface area contributed by atoms with Crippen LogP contribution in [0.1, 0.15) is 17.4 Å². The van der Waals surface area contributed by atoms with Crippen LogP contribution in [0.15, 0.2) is 41.2 Å². The van der Waals surface area contributed by atoms with Gasteiger partial charge in [0.05, 0.1) is 18.9 Å². The van der Waals surface area contributed by atoms with Crippen LogP contribution in [-0.4, -0.2) is 28.8 Å². The first kappa shape index (κ1) is 14.4. The summed E-state index contributed by atoms with van der Waals surface area (Å²) < 4.78 is 10.4. The number of methoxy groups -OCH3 is 1. The summed E-state index contributed by atoms with van der Waals surface area (Å²) in [7, 11) is 1.17. The highest BCUT2D eigenvalue weighted by atomic mass is 16.5. The van der Waals surface area contributed by atoms with Gasteiger partial charge in [0.1, 0.15) is 0 Å². The van der Waals surface area contributed by atoms with Crippen LogP contribution in [0.5, 0.6) is 5.75 Å². The van der Waals surface area contributed by atoms with Gasteiger partial charge in [-0.25, -0.2) is 4.79 Å². The van der Waals surface area contributed by atoms with Crippen molar-refractivity contribution in [3.05, 3.63) is 52.4 Å². The molecular weight excluding hydrogens is 276 g/mol. The first-order valence-corrected chi connectivity index (χ1v) is 5.99. The average molecular weight is 288 g/mol. The molecule has 0 unspecified atom stereocenters. The number of hydrogen-bond acceptors (Lipinski definition) is 6. The predicted octanol–water partition coefficient (Wildman–Crippen LogP) is 0.944. The monoisotopic (exact) mass is 288 g/mol. The largest absolute Gasteiger partial charge is 0.464 e. The summed E-state index contributed by atoms with van der Waals surface area (Å²) in [4.78, 5) is 34.8. The van der Waals surface area contributed by atoms with Crippen molar-refractivity contribution in [3.8, 4) is 11.4 Å². The van der Waals surface area contributed by atoms with Crippen molar-refractivity contribution in [2.45, 2.75) is 6.92 Å². The summed E-state index contributed by atoms with van der Waals surface area (Å²) in [5.74, 6) is -1.71. The Hall–Kier alpha value is -2.96. The third-order valence-corrected chi connectivity index (χ3v) is 2.53. The van der Waals surface area contributed by atoms with Crippen LogP contribution in [0, 0.1) is 0 Å². The van der Waals surface area contributed by atoms with Crippen molar-refractivity contribution in [2.75, 3.05) is 7.11 Å². The molecule has 108 valence electrons. The fourth-order valence-electron chi connectivity index (χ4n) is 1.67. The van der Waals surface area contributed by atoms with E-state index < -0.39 is 17.5 Å². The molecule has 0 atom stereocenters. The number of aromatic nitrogens is 2. The smallest absolute Gasteiger partial charge is 0.362 e. The maximum atomic E-state index is 12.0. The lowest BCUT2D eigenvalue weighted by atomic mass is 10.3. The Morgan fingerprint density at radius 3 is 2.43 bits per heavy atom. The van der Waals surface area contributed by atoms with Gasteiger partial charge in [-0.15, -0.1) is 0 Å². The second-order valence-electron chi connectivity index (χ2n) is 4.03. The van der Waals surface area contributed by atoms with Gasteiger partial charge in [-0.3, -0.25) is 9.59 Å². The molecular formula is C14H12N2O5. The van der Waals surface area contributed by atoms with E-state index >= 15 is 0 Å². The zero-order valence-electron chi connectivity index (χ0n) is 11.4. The minimum atomic E-state index is -0.809. The quantitative estimate of drug-likeness (QED) is 0.781. The molecule has 0 fully saturated rings. The minimum absolute atomic E-state index is 0.230. The van der Waals surface area contributed by atoms with Gasteiger partial charge in [-0.1, -0.05) is 18.2 Å². The van der Waals surface area contributed by atoms with E-state index in [4.69, 9.17) is 4.74 Å². The third-order valence-electron chi connectivity index (χ3n) is 2.53. The summed E-state index contributed by atoms with van der Waals surface area (Å²) in [6.45, 7) is 1.16. The van der Waals surface area contributed by atoms with Crippen molar-refractivity contribution in [3.63, 3.8) is 0 Å². The molecule has 1 aromatic heterocycles. The molecule has 7 heteroatoms. The Kier molecular flexibility index (Phi) is 4.13. The van der Waals surface area contributed by atoms with Crippen LogP contribution in [0.4, 0.5) is 0 Å². The van der Waals surface area contributed by atoms with Crippen molar-refractivity contribution in [1.82, 2.24) is 9.78 Å². The van der Waals surface area contributed by atoms with Crippen LogP contribution in [-0.2, 0) is 9.53 Å². The Balaban J connectivity index is 2.62. The van der Waals surface area contributed by atoms with Crippen molar-refractivity contribution in [2.24, 2.45) is 0 Å². The molecule has 0 saturated heterocycles. The van der Waals surface area contributed by atoms with Crippen LogP contribution >= 0.6 is 0 Å². The van der Waals surface area contributed by atoms with E-state index in [-0.39, 0.29) is 11.4 Å². The summed E-state index contributed by atoms with van der Waals surface area (Å²) in [6.07, 6.45) is 0. The lowest BCUT2D eigenvalue weighted by molar-refractivity contribution is -0.131. The Morgan fingerprint density at radius 1 is 1.19 bits per heavy atom. The molecule has 0 amide bonds. The SMILES string of the molecule is COC(=O)c1nn(-c2ccccc2)c(=O)cc1OC(C)=O. The third kappa shape index (κ3) is 3.14. The number of ether oxygens (including phenoxy) is 2. The summed E-state index contributed by atoms with van der Waals surface area (Å²) >= 11 is 0. The molecule has 0 saturated carbocycles. The number of para-hydroxylation sites is 1. The highest BCUT2D eigenvalue weighted by Crippen LogP contribution is 2.16. The molecule has 1 heterocycles. The van der Waals surface area contributed by atoms with Crippen molar-refractivity contribution >= 4 is 11.9 Å². The van der Waals surface area contributed by atoms with Gasteiger partial charge >= 0.3 is 11.9 Å². The Morgan fingerprint density at radius 2 is 1.86 bits per heavy atom. The first-order valence-electron chi connectivity index (χ1n) is 5.99. The molecule has 0 aliphatic rings. The van der Waals surface area contributed by atoms with Crippen molar-refractivity contribution < 1.29 is 19.1 Å². The lowest BCUT2D eigenvalue weighted by Crippen LogP contribution is -2.25. The van der Waals surface area contributed by atoms with E-state index in [1.807, 2.05) is 0 Å². The number of nitrogens with zero attached hydrogens (tertiary/aromatic N) is 2. The summed E-state index contributed by atoms with van der Waals surface area (Å²) in [6, 6.07) is 9.56. The number of carbonyl (C=O) groups is 2. The molecule has 0 N–H and O–H groups in total. The number of esters is 2. The van der Waals surface area contributed by atoms with Gasteiger partial charge < -0.3 is 9.47 Å². The predicted molar refractivity (Wildman–Crippen MR) is 72.5 cm³/mol. The molecule has 0 bridgehead atoms. The molecule has 0 aliphatic heterocycles. The molecule has 2 rings (SSSR count). The standard InChI is InChI=1S/C14H12N2O5/c1-9(17)21-11-8-12(18)16(10-6-4-3-5-7-10)15-13(11)14(19)20-2/h3-8H,1-2H3. The van der Waals surface area contributed by atoms with E-state index in [1.165, 1.54) is 7.11 Å². The van der Waals surface area contributed by atoms with Gasteiger partial charge in [0.15, 0.2) is 5.75 Å². The molecule has 0 spiro atoms. The molecule has 21 heavy (non-hydrogen) atoms. The van der Waals surface area contributed by atoms with E-state index in [0.717, 1.165) is 17.7 Å². The van der Waals surface area contributed by atoms with E-state index in [0.29, 0.717) is 5.69 Å². The normalized spacial score (nSPS) is 10.0. The van der Waals surface area contributed by atoms with Crippen molar-refractivity contribution in [1.29, 1.82) is 0 Å². The lowest BCUT2D eigenvalue weighted by Gasteiger charge is -2.09. The zero-order valence-corrected chi connectivity index (χ0v) is 11.4.